The molecule has 0 heterocycles. The van der Waals surface area contributed by atoms with E-state index < -0.39 is 0 Å². The van der Waals surface area contributed by atoms with Crippen molar-refractivity contribution in [2.24, 2.45) is 11.8 Å². The maximum Gasteiger partial charge on any atom is -0.0157 e. The fraction of sp³-hybridized carbons (Fsp3) is 0.524. The summed E-state index contributed by atoms with van der Waals surface area (Å²) in [6.07, 6.45) is 8.23. The van der Waals surface area contributed by atoms with Gasteiger partial charge in [0.15, 0.2) is 0 Å². The smallest absolute Gasteiger partial charge is 0.0157 e. The van der Waals surface area contributed by atoms with E-state index in [1.54, 1.807) is 5.31 Å². The summed E-state index contributed by atoms with van der Waals surface area (Å²) in [5, 5.41) is 1.68. The third-order valence-electron chi connectivity index (χ3n) is 4.39. The van der Waals surface area contributed by atoms with Crippen LogP contribution in [0.3, 0.4) is 0 Å². The number of benzene rings is 1. The van der Waals surface area contributed by atoms with Gasteiger partial charge in [-0.2, -0.15) is 0 Å². The minimum atomic E-state index is 0.655. The number of hydrogen-bond donors (Lipinski definition) is 0. The van der Waals surface area contributed by atoms with Gasteiger partial charge in [-0.3, -0.25) is 0 Å². The molecule has 1 aromatic carbocycles. The van der Waals surface area contributed by atoms with Crippen LogP contribution in [0.4, 0.5) is 0 Å². The summed E-state index contributed by atoms with van der Waals surface area (Å²) in [7, 11) is 0.974. The van der Waals surface area contributed by atoms with Gasteiger partial charge in [0.1, 0.15) is 0 Å². The molecule has 0 aromatic heterocycles. The van der Waals surface area contributed by atoms with Crippen LogP contribution < -0.4 is 0 Å². The van der Waals surface area contributed by atoms with Crippen LogP contribution in [0.5, 0.6) is 0 Å². The zero-order valence-corrected chi connectivity index (χ0v) is 16.2. The Balaban J connectivity index is 2.85. The molecule has 122 valence electrons. The van der Waals surface area contributed by atoms with Crippen molar-refractivity contribution in [1.82, 2.24) is 0 Å². The van der Waals surface area contributed by atoms with E-state index in [1.807, 2.05) is 0 Å². The van der Waals surface area contributed by atoms with Crippen LogP contribution in [0, 0.1) is 18.8 Å². The van der Waals surface area contributed by atoms with Crippen LogP contribution in [0.15, 0.2) is 47.3 Å². The summed E-state index contributed by atoms with van der Waals surface area (Å²) < 4.78 is 0. The zero-order chi connectivity index (χ0) is 16.5. The molecule has 0 aliphatic rings. The fourth-order valence-corrected chi connectivity index (χ4v) is 4.30. The molecule has 1 aromatic rings. The predicted molar refractivity (Wildman–Crippen MR) is 104 cm³/mol. The van der Waals surface area contributed by atoms with E-state index in [0.717, 1.165) is 8.58 Å². The Bertz CT molecular complexity index is 493. The largest absolute Gasteiger partial charge is 0.0943 e. The molecule has 0 aliphatic carbocycles. The highest BCUT2D eigenvalue weighted by Gasteiger charge is 2.18. The van der Waals surface area contributed by atoms with Crippen molar-refractivity contribution in [3.8, 4) is 0 Å². The molecule has 0 bridgehead atoms. The SMILES string of the molecule is C/C=C\C(C)=C(\PCCC)C(C)C(C)Cc1ccc(C)cc1. The Labute approximate surface area is 139 Å². The van der Waals surface area contributed by atoms with E-state index in [-0.39, 0.29) is 0 Å². The predicted octanol–water partition coefficient (Wildman–Crippen LogP) is 6.75. The molecular formula is C21H33P. The summed E-state index contributed by atoms with van der Waals surface area (Å²) in [5.74, 6) is 1.34. The number of hydrogen-bond acceptors (Lipinski definition) is 0. The molecular weight excluding hydrogens is 283 g/mol. The lowest BCUT2D eigenvalue weighted by molar-refractivity contribution is 0.450. The molecule has 0 saturated heterocycles. The third kappa shape index (κ3) is 6.09. The monoisotopic (exact) mass is 316 g/mol. The van der Waals surface area contributed by atoms with Gasteiger partial charge in [0, 0.05) is 0 Å². The van der Waals surface area contributed by atoms with Crippen LogP contribution in [0.2, 0.25) is 0 Å². The second kappa shape index (κ2) is 10.0. The van der Waals surface area contributed by atoms with Crippen LogP contribution >= 0.6 is 8.58 Å². The van der Waals surface area contributed by atoms with E-state index in [9.17, 15) is 0 Å². The van der Waals surface area contributed by atoms with Crippen molar-refractivity contribution < 1.29 is 0 Å². The first-order valence-electron chi connectivity index (χ1n) is 8.62. The van der Waals surface area contributed by atoms with Gasteiger partial charge in [-0.1, -0.05) is 77.8 Å². The van der Waals surface area contributed by atoms with E-state index in [2.05, 4.69) is 78.0 Å². The van der Waals surface area contributed by atoms with Gasteiger partial charge in [-0.15, -0.1) is 0 Å². The minimum absolute atomic E-state index is 0.655. The summed E-state index contributed by atoms with van der Waals surface area (Å²) in [5.41, 5.74) is 4.29. The normalized spacial score (nSPS) is 16.3. The lowest BCUT2D eigenvalue weighted by atomic mass is 9.88. The van der Waals surface area contributed by atoms with Crippen molar-refractivity contribution in [3.05, 3.63) is 58.4 Å². The Hall–Kier alpha value is -0.870. The number of aryl methyl sites for hydroxylation is 1. The van der Waals surface area contributed by atoms with Crippen molar-refractivity contribution in [2.75, 3.05) is 6.16 Å². The molecule has 0 fully saturated rings. The van der Waals surface area contributed by atoms with Gasteiger partial charge in [0.2, 0.25) is 0 Å². The van der Waals surface area contributed by atoms with Crippen molar-refractivity contribution in [1.29, 1.82) is 0 Å². The maximum atomic E-state index is 2.42. The standard InChI is InChI=1S/C21H33P/c1-7-9-17(4)21(22-14-8-2)19(6)18(5)15-20-12-10-16(3)11-13-20/h7,9-13,18-19,22H,8,14-15H2,1-6H3/b9-7-,21-17+. The van der Waals surface area contributed by atoms with E-state index >= 15 is 0 Å². The Kier molecular flexibility index (Phi) is 8.72. The second-order valence-corrected chi connectivity index (χ2v) is 7.87. The third-order valence-corrected chi connectivity index (χ3v) is 6.37. The van der Waals surface area contributed by atoms with Crippen LogP contribution in [-0.2, 0) is 6.42 Å². The van der Waals surface area contributed by atoms with Gasteiger partial charge in [-0.05, 0) is 61.6 Å². The molecule has 0 radical (unpaired) electrons. The summed E-state index contributed by atoms with van der Waals surface area (Å²) >= 11 is 0. The Morgan fingerprint density at radius 1 is 1.18 bits per heavy atom. The van der Waals surface area contributed by atoms with E-state index in [4.69, 9.17) is 0 Å². The molecule has 0 aliphatic heterocycles. The molecule has 0 nitrogen and oxygen atoms in total. The molecule has 0 amide bonds. The first-order chi connectivity index (χ1) is 10.5. The lowest BCUT2D eigenvalue weighted by Gasteiger charge is -2.25. The fourth-order valence-electron chi connectivity index (χ4n) is 2.82. The highest BCUT2D eigenvalue weighted by atomic mass is 31.1. The first kappa shape index (κ1) is 19.2. The van der Waals surface area contributed by atoms with E-state index in [0.29, 0.717) is 11.8 Å². The van der Waals surface area contributed by atoms with Crippen LogP contribution in [0.25, 0.3) is 0 Å². The van der Waals surface area contributed by atoms with Crippen LogP contribution in [-0.4, -0.2) is 6.16 Å². The molecule has 1 rings (SSSR count). The highest BCUT2D eigenvalue weighted by Crippen LogP contribution is 2.38. The summed E-state index contributed by atoms with van der Waals surface area (Å²) in [6, 6.07) is 9.03. The van der Waals surface area contributed by atoms with Crippen molar-refractivity contribution in [2.45, 2.75) is 54.4 Å². The average Bonchev–Trinajstić information content (AvgIpc) is 2.50. The number of rotatable bonds is 8. The molecule has 1 heteroatoms. The first-order valence-corrected chi connectivity index (χ1v) is 9.83. The minimum Gasteiger partial charge on any atom is -0.0943 e. The topological polar surface area (TPSA) is 0 Å². The molecule has 22 heavy (non-hydrogen) atoms. The Morgan fingerprint density at radius 3 is 2.36 bits per heavy atom. The van der Waals surface area contributed by atoms with Gasteiger partial charge in [-0.25, -0.2) is 0 Å². The van der Waals surface area contributed by atoms with Crippen LogP contribution in [0.1, 0.15) is 52.2 Å². The van der Waals surface area contributed by atoms with Crippen molar-refractivity contribution >= 4 is 8.58 Å². The van der Waals surface area contributed by atoms with E-state index in [1.165, 1.54) is 35.7 Å². The lowest BCUT2D eigenvalue weighted by Crippen LogP contribution is -2.13. The quantitative estimate of drug-likeness (QED) is 0.367. The molecule has 3 unspecified atom stereocenters. The van der Waals surface area contributed by atoms with Gasteiger partial charge >= 0.3 is 0 Å². The molecule has 0 N–H and O–H groups in total. The highest BCUT2D eigenvalue weighted by molar-refractivity contribution is 7.43. The van der Waals surface area contributed by atoms with Gasteiger partial charge in [0.25, 0.3) is 0 Å². The zero-order valence-electron chi connectivity index (χ0n) is 15.2. The number of allylic oxidation sites excluding steroid dienone is 4. The second-order valence-electron chi connectivity index (χ2n) is 6.48. The molecule has 3 atom stereocenters. The van der Waals surface area contributed by atoms with Gasteiger partial charge < -0.3 is 0 Å². The molecule has 0 spiro atoms. The summed E-state index contributed by atoms with van der Waals surface area (Å²) in [4.78, 5) is 0. The molecule has 0 saturated carbocycles. The maximum absolute atomic E-state index is 2.42. The Morgan fingerprint density at radius 2 is 1.82 bits per heavy atom. The summed E-state index contributed by atoms with van der Waals surface area (Å²) in [6.45, 7) is 13.7. The van der Waals surface area contributed by atoms with Gasteiger partial charge in [0.05, 0.1) is 0 Å². The average molecular weight is 316 g/mol. The van der Waals surface area contributed by atoms with Crippen molar-refractivity contribution in [3.63, 3.8) is 0 Å².